The van der Waals surface area contributed by atoms with Crippen molar-refractivity contribution in [2.75, 3.05) is 37.7 Å². The van der Waals surface area contributed by atoms with Crippen molar-refractivity contribution in [3.05, 3.63) is 24.0 Å². The average molecular weight is 304 g/mol. The summed E-state index contributed by atoms with van der Waals surface area (Å²) in [7, 11) is 0. The van der Waals surface area contributed by atoms with Crippen LogP contribution in [0.25, 0.3) is 0 Å². The Balaban J connectivity index is 1.81. The van der Waals surface area contributed by atoms with Crippen molar-refractivity contribution < 1.29 is 14.3 Å². The maximum Gasteiger partial charge on any atom is 0.273 e. The summed E-state index contributed by atoms with van der Waals surface area (Å²) in [6.45, 7) is 2.90. The number of nitrogens with two attached hydrogens (primary N) is 1. The lowest BCUT2D eigenvalue weighted by atomic mass is 10.2. The molecule has 0 saturated carbocycles. The van der Waals surface area contributed by atoms with Gasteiger partial charge in [-0.2, -0.15) is 0 Å². The van der Waals surface area contributed by atoms with E-state index in [9.17, 15) is 9.59 Å². The molecule has 3 heterocycles. The number of aromatic nitrogens is 1. The SMILES string of the molecule is NC(=O)C1COCCN1C(=O)c1cc(N2CCCC2)ccn1. The molecule has 2 aliphatic rings. The van der Waals surface area contributed by atoms with Crippen molar-refractivity contribution in [2.24, 2.45) is 5.73 Å². The Bertz CT molecular complexity index is 572. The van der Waals surface area contributed by atoms with Gasteiger partial charge in [0.1, 0.15) is 11.7 Å². The standard InChI is InChI=1S/C15H20N4O3/c16-14(20)13-10-22-8-7-19(13)15(21)12-9-11(3-4-17-12)18-5-1-2-6-18/h3-4,9,13H,1-2,5-8,10H2,(H2,16,20). The van der Waals surface area contributed by atoms with Gasteiger partial charge in [-0.3, -0.25) is 14.6 Å². The van der Waals surface area contributed by atoms with E-state index < -0.39 is 11.9 Å². The zero-order valence-electron chi connectivity index (χ0n) is 12.4. The third-order valence-corrected chi connectivity index (χ3v) is 4.15. The van der Waals surface area contributed by atoms with E-state index in [4.69, 9.17) is 10.5 Å². The van der Waals surface area contributed by atoms with Crippen molar-refractivity contribution in [2.45, 2.75) is 18.9 Å². The highest BCUT2D eigenvalue weighted by atomic mass is 16.5. The molecule has 7 heteroatoms. The van der Waals surface area contributed by atoms with Crippen LogP contribution in [0.5, 0.6) is 0 Å². The number of primary amides is 1. The predicted molar refractivity (Wildman–Crippen MR) is 80.5 cm³/mol. The van der Waals surface area contributed by atoms with E-state index in [0.717, 1.165) is 18.8 Å². The van der Waals surface area contributed by atoms with Crippen LogP contribution in [0.2, 0.25) is 0 Å². The number of nitrogens with zero attached hydrogens (tertiary/aromatic N) is 3. The molecule has 2 amide bonds. The lowest BCUT2D eigenvalue weighted by molar-refractivity contribution is -0.127. The summed E-state index contributed by atoms with van der Waals surface area (Å²) in [4.78, 5) is 32.0. The molecule has 1 aromatic heterocycles. The van der Waals surface area contributed by atoms with Gasteiger partial charge in [-0.05, 0) is 25.0 Å². The molecule has 0 aromatic carbocycles. The Hall–Kier alpha value is -2.15. The van der Waals surface area contributed by atoms with Crippen molar-refractivity contribution in [3.63, 3.8) is 0 Å². The van der Waals surface area contributed by atoms with Gasteiger partial charge in [-0.1, -0.05) is 0 Å². The van der Waals surface area contributed by atoms with Crippen LogP contribution in [0, 0.1) is 0 Å². The van der Waals surface area contributed by atoms with Gasteiger partial charge in [0.15, 0.2) is 0 Å². The Morgan fingerprint density at radius 3 is 2.77 bits per heavy atom. The van der Waals surface area contributed by atoms with Gasteiger partial charge >= 0.3 is 0 Å². The number of anilines is 1. The lowest BCUT2D eigenvalue weighted by Crippen LogP contribution is -2.54. The minimum Gasteiger partial charge on any atom is -0.377 e. The number of rotatable bonds is 3. The van der Waals surface area contributed by atoms with Crippen LogP contribution < -0.4 is 10.6 Å². The number of pyridine rings is 1. The fraction of sp³-hybridized carbons (Fsp3) is 0.533. The number of hydrogen-bond acceptors (Lipinski definition) is 5. The molecule has 2 N–H and O–H groups in total. The van der Waals surface area contributed by atoms with Crippen molar-refractivity contribution >= 4 is 17.5 Å². The second kappa shape index (κ2) is 6.31. The molecule has 0 radical (unpaired) electrons. The van der Waals surface area contributed by atoms with Gasteiger partial charge in [-0.25, -0.2) is 0 Å². The average Bonchev–Trinajstić information content (AvgIpc) is 3.09. The molecule has 2 fully saturated rings. The quantitative estimate of drug-likeness (QED) is 0.849. The van der Waals surface area contributed by atoms with Crippen LogP contribution in [-0.4, -0.2) is 60.6 Å². The zero-order chi connectivity index (χ0) is 15.5. The Morgan fingerprint density at radius 2 is 2.05 bits per heavy atom. The molecule has 3 rings (SSSR count). The summed E-state index contributed by atoms with van der Waals surface area (Å²) in [5, 5.41) is 0. The summed E-state index contributed by atoms with van der Waals surface area (Å²) in [6.07, 6.45) is 3.97. The molecule has 1 unspecified atom stereocenters. The van der Waals surface area contributed by atoms with Crippen LogP contribution in [-0.2, 0) is 9.53 Å². The van der Waals surface area contributed by atoms with E-state index in [1.807, 2.05) is 6.07 Å². The van der Waals surface area contributed by atoms with Crippen LogP contribution in [0.3, 0.4) is 0 Å². The van der Waals surface area contributed by atoms with Crippen LogP contribution >= 0.6 is 0 Å². The van der Waals surface area contributed by atoms with E-state index in [-0.39, 0.29) is 12.5 Å². The second-order valence-corrected chi connectivity index (χ2v) is 5.59. The molecule has 118 valence electrons. The van der Waals surface area contributed by atoms with Crippen molar-refractivity contribution in [1.29, 1.82) is 0 Å². The maximum absolute atomic E-state index is 12.7. The third kappa shape index (κ3) is 2.89. The topological polar surface area (TPSA) is 88.8 Å². The van der Waals surface area contributed by atoms with Gasteiger partial charge in [-0.15, -0.1) is 0 Å². The fourth-order valence-corrected chi connectivity index (χ4v) is 2.94. The normalized spacial score (nSPS) is 21.9. The molecule has 2 aliphatic heterocycles. The van der Waals surface area contributed by atoms with Crippen LogP contribution in [0.1, 0.15) is 23.3 Å². The number of carbonyl (C=O) groups is 2. The predicted octanol–water partition coefficient (Wildman–Crippen LogP) is 0.00810. The van der Waals surface area contributed by atoms with Crippen molar-refractivity contribution in [3.8, 4) is 0 Å². The maximum atomic E-state index is 12.7. The summed E-state index contributed by atoms with van der Waals surface area (Å²) in [6, 6.07) is 2.98. The smallest absolute Gasteiger partial charge is 0.273 e. The van der Waals surface area contributed by atoms with Gasteiger partial charge in [0, 0.05) is 31.5 Å². The summed E-state index contributed by atoms with van der Waals surface area (Å²) < 4.78 is 5.24. The van der Waals surface area contributed by atoms with Gasteiger partial charge in [0.25, 0.3) is 5.91 Å². The fourth-order valence-electron chi connectivity index (χ4n) is 2.94. The Morgan fingerprint density at radius 1 is 1.27 bits per heavy atom. The number of morpholine rings is 1. The molecule has 1 aromatic rings. The Kier molecular flexibility index (Phi) is 4.24. The molecule has 0 aliphatic carbocycles. The molecule has 2 saturated heterocycles. The molecule has 0 spiro atoms. The summed E-state index contributed by atoms with van der Waals surface area (Å²) >= 11 is 0. The lowest BCUT2D eigenvalue weighted by Gasteiger charge is -2.33. The molecule has 0 bridgehead atoms. The number of hydrogen-bond donors (Lipinski definition) is 1. The summed E-state index contributed by atoms with van der Waals surface area (Å²) in [5.41, 5.74) is 6.71. The Labute approximate surface area is 129 Å². The first kappa shape index (κ1) is 14.8. The first-order valence-electron chi connectivity index (χ1n) is 7.56. The van der Waals surface area contributed by atoms with E-state index in [1.165, 1.54) is 17.7 Å². The summed E-state index contributed by atoms with van der Waals surface area (Å²) in [5.74, 6) is -0.822. The van der Waals surface area contributed by atoms with Crippen LogP contribution in [0.4, 0.5) is 5.69 Å². The monoisotopic (exact) mass is 304 g/mol. The second-order valence-electron chi connectivity index (χ2n) is 5.59. The number of amides is 2. The van der Waals surface area contributed by atoms with E-state index >= 15 is 0 Å². The first-order valence-corrected chi connectivity index (χ1v) is 7.56. The largest absolute Gasteiger partial charge is 0.377 e. The highest BCUT2D eigenvalue weighted by molar-refractivity contribution is 5.96. The van der Waals surface area contributed by atoms with Crippen LogP contribution in [0.15, 0.2) is 18.3 Å². The number of carbonyl (C=O) groups excluding carboxylic acids is 2. The minimum atomic E-state index is -0.724. The van der Waals surface area contributed by atoms with E-state index in [0.29, 0.717) is 18.8 Å². The molecule has 1 atom stereocenters. The highest BCUT2D eigenvalue weighted by Crippen LogP contribution is 2.21. The van der Waals surface area contributed by atoms with Gasteiger partial charge in [0.2, 0.25) is 5.91 Å². The molecular formula is C15H20N4O3. The minimum absolute atomic E-state index is 0.146. The number of ether oxygens (including phenoxy) is 1. The van der Waals surface area contributed by atoms with E-state index in [1.54, 1.807) is 12.3 Å². The highest BCUT2D eigenvalue weighted by Gasteiger charge is 2.32. The van der Waals surface area contributed by atoms with Gasteiger partial charge in [0.05, 0.1) is 13.2 Å². The van der Waals surface area contributed by atoms with Gasteiger partial charge < -0.3 is 20.3 Å². The third-order valence-electron chi connectivity index (χ3n) is 4.15. The van der Waals surface area contributed by atoms with Crippen molar-refractivity contribution in [1.82, 2.24) is 9.88 Å². The molecular weight excluding hydrogens is 284 g/mol. The zero-order valence-corrected chi connectivity index (χ0v) is 12.4. The van der Waals surface area contributed by atoms with E-state index in [2.05, 4.69) is 9.88 Å². The first-order chi connectivity index (χ1) is 10.7. The molecule has 22 heavy (non-hydrogen) atoms. The molecule has 7 nitrogen and oxygen atoms in total.